The van der Waals surface area contributed by atoms with Crippen molar-refractivity contribution < 1.29 is 18.5 Å². The van der Waals surface area contributed by atoms with Crippen molar-refractivity contribution in [3.63, 3.8) is 0 Å². The number of hydrogen-bond acceptors (Lipinski definition) is 4. The van der Waals surface area contributed by atoms with E-state index in [9.17, 15) is 23.7 Å². The summed E-state index contributed by atoms with van der Waals surface area (Å²) in [6, 6.07) is 4.09. The second-order valence-corrected chi connectivity index (χ2v) is 4.21. The number of carbonyl (C=O) groups excluding carboxylic acids is 1. The molecule has 0 radical (unpaired) electrons. The molecule has 1 N–H and O–H groups in total. The third-order valence-corrected chi connectivity index (χ3v) is 2.63. The van der Waals surface area contributed by atoms with Gasteiger partial charge in [0.15, 0.2) is 0 Å². The van der Waals surface area contributed by atoms with Gasteiger partial charge in [-0.2, -0.15) is 4.39 Å². The van der Waals surface area contributed by atoms with Gasteiger partial charge in [0, 0.05) is 6.20 Å². The zero-order chi connectivity index (χ0) is 15.6. The number of nitro benzene ring substituents is 1. The molecule has 21 heavy (non-hydrogen) atoms. The molecule has 0 aliphatic rings. The quantitative estimate of drug-likeness (QED) is 0.696. The lowest BCUT2D eigenvalue weighted by Crippen LogP contribution is -2.15. The third kappa shape index (κ3) is 3.16. The van der Waals surface area contributed by atoms with Crippen LogP contribution in [0, 0.1) is 28.7 Å². The van der Waals surface area contributed by atoms with Crippen LogP contribution < -0.4 is 5.32 Å². The Kier molecular flexibility index (Phi) is 3.88. The summed E-state index contributed by atoms with van der Waals surface area (Å²) in [5.41, 5.74) is -0.852. The summed E-state index contributed by atoms with van der Waals surface area (Å²) < 4.78 is 27.1. The van der Waals surface area contributed by atoms with Crippen LogP contribution in [0.15, 0.2) is 30.5 Å². The lowest BCUT2D eigenvalue weighted by Gasteiger charge is -2.06. The lowest BCUT2D eigenvalue weighted by molar-refractivity contribution is -0.387. The number of anilines is 1. The SMILES string of the molecule is Cc1ccnc(NC(=O)c2cc(F)c([N+](=O)[O-])cc2F)c1. The highest BCUT2D eigenvalue weighted by Gasteiger charge is 2.22. The number of nitro groups is 1. The molecule has 0 fully saturated rings. The molecule has 2 rings (SSSR count). The first-order valence-corrected chi connectivity index (χ1v) is 5.76. The molecule has 0 saturated carbocycles. The summed E-state index contributed by atoms with van der Waals surface area (Å²) in [5.74, 6) is -3.26. The van der Waals surface area contributed by atoms with Gasteiger partial charge in [-0.05, 0) is 30.7 Å². The Morgan fingerprint density at radius 3 is 2.62 bits per heavy atom. The molecule has 0 bridgehead atoms. The standard InChI is InChI=1S/C13H9F2N3O3/c1-7-2-3-16-12(4-7)17-13(19)8-5-10(15)11(18(20)21)6-9(8)14/h2-6H,1H3,(H,16,17,19). The second-order valence-electron chi connectivity index (χ2n) is 4.21. The largest absolute Gasteiger partial charge is 0.307 e. The Bertz CT molecular complexity index is 735. The molecule has 0 spiro atoms. The van der Waals surface area contributed by atoms with Gasteiger partial charge in [-0.3, -0.25) is 14.9 Å². The number of nitrogens with one attached hydrogen (secondary N) is 1. The molecule has 0 atom stereocenters. The highest BCUT2D eigenvalue weighted by atomic mass is 19.1. The van der Waals surface area contributed by atoms with Crippen molar-refractivity contribution in [1.82, 2.24) is 4.98 Å². The minimum absolute atomic E-state index is 0.165. The topological polar surface area (TPSA) is 85.1 Å². The molecule has 1 aromatic heterocycles. The number of halogens is 2. The molecule has 0 aliphatic carbocycles. The summed E-state index contributed by atoms with van der Waals surface area (Å²) in [4.78, 5) is 25.1. The summed E-state index contributed by atoms with van der Waals surface area (Å²) >= 11 is 0. The van der Waals surface area contributed by atoms with E-state index in [2.05, 4.69) is 10.3 Å². The van der Waals surface area contributed by atoms with Gasteiger partial charge in [-0.1, -0.05) is 0 Å². The average molecular weight is 293 g/mol. The Balaban J connectivity index is 2.31. The van der Waals surface area contributed by atoms with E-state index in [1.54, 1.807) is 13.0 Å². The fourth-order valence-electron chi connectivity index (χ4n) is 1.64. The molecule has 1 aromatic carbocycles. The predicted molar refractivity (Wildman–Crippen MR) is 69.9 cm³/mol. The molecule has 108 valence electrons. The zero-order valence-electron chi connectivity index (χ0n) is 10.8. The summed E-state index contributed by atoms with van der Waals surface area (Å²) in [6.07, 6.45) is 1.44. The molecular weight excluding hydrogens is 284 g/mol. The van der Waals surface area contributed by atoms with Crippen LogP contribution in [-0.4, -0.2) is 15.8 Å². The van der Waals surface area contributed by atoms with Crippen LogP contribution in [0.4, 0.5) is 20.3 Å². The maximum atomic E-state index is 13.7. The normalized spacial score (nSPS) is 10.2. The number of carbonyl (C=O) groups is 1. The molecule has 2 aromatic rings. The summed E-state index contributed by atoms with van der Waals surface area (Å²) in [6.45, 7) is 1.77. The summed E-state index contributed by atoms with van der Waals surface area (Å²) in [5, 5.41) is 12.8. The van der Waals surface area contributed by atoms with E-state index in [-0.39, 0.29) is 5.82 Å². The molecule has 0 saturated heterocycles. The number of aryl methyl sites for hydroxylation is 1. The highest BCUT2D eigenvalue weighted by molar-refractivity contribution is 6.04. The van der Waals surface area contributed by atoms with Gasteiger partial charge >= 0.3 is 5.69 Å². The molecule has 0 unspecified atom stereocenters. The van der Waals surface area contributed by atoms with E-state index in [0.29, 0.717) is 12.1 Å². The second kappa shape index (κ2) is 5.61. The van der Waals surface area contributed by atoms with Crippen molar-refractivity contribution in [2.45, 2.75) is 6.92 Å². The van der Waals surface area contributed by atoms with Crippen LogP contribution in [0.2, 0.25) is 0 Å². The number of aromatic nitrogens is 1. The fraction of sp³-hybridized carbons (Fsp3) is 0.0769. The minimum Gasteiger partial charge on any atom is -0.306 e. The minimum atomic E-state index is -1.29. The molecule has 1 heterocycles. The smallest absolute Gasteiger partial charge is 0.306 e. The van der Waals surface area contributed by atoms with Crippen molar-refractivity contribution in [3.8, 4) is 0 Å². The van der Waals surface area contributed by atoms with Gasteiger partial charge in [0.05, 0.1) is 16.6 Å². The van der Waals surface area contributed by atoms with Crippen molar-refractivity contribution in [2.75, 3.05) is 5.32 Å². The maximum absolute atomic E-state index is 13.7. The number of hydrogen-bond donors (Lipinski definition) is 1. The van der Waals surface area contributed by atoms with E-state index >= 15 is 0 Å². The van der Waals surface area contributed by atoms with E-state index in [0.717, 1.165) is 5.56 Å². The van der Waals surface area contributed by atoms with Crippen LogP contribution in [0.3, 0.4) is 0 Å². The van der Waals surface area contributed by atoms with E-state index in [4.69, 9.17) is 0 Å². The first-order chi connectivity index (χ1) is 9.88. The number of benzene rings is 1. The predicted octanol–water partition coefficient (Wildman–Crippen LogP) is 2.83. The average Bonchev–Trinajstić information content (AvgIpc) is 2.40. The number of rotatable bonds is 3. The third-order valence-electron chi connectivity index (χ3n) is 2.63. The zero-order valence-corrected chi connectivity index (χ0v) is 10.8. The van der Waals surface area contributed by atoms with Crippen LogP contribution >= 0.6 is 0 Å². The van der Waals surface area contributed by atoms with Gasteiger partial charge in [-0.25, -0.2) is 9.37 Å². The van der Waals surface area contributed by atoms with Crippen LogP contribution in [0.25, 0.3) is 0 Å². The highest BCUT2D eigenvalue weighted by Crippen LogP contribution is 2.22. The number of pyridine rings is 1. The Morgan fingerprint density at radius 1 is 1.29 bits per heavy atom. The first kappa shape index (κ1) is 14.5. The van der Waals surface area contributed by atoms with Crippen LogP contribution in [0.1, 0.15) is 15.9 Å². The van der Waals surface area contributed by atoms with Gasteiger partial charge < -0.3 is 5.32 Å². The van der Waals surface area contributed by atoms with Crippen molar-refractivity contribution in [3.05, 3.63) is 63.3 Å². The van der Waals surface area contributed by atoms with E-state index in [1.165, 1.54) is 12.3 Å². The number of nitrogens with zero attached hydrogens (tertiary/aromatic N) is 2. The molecule has 6 nitrogen and oxygen atoms in total. The van der Waals surface area contributed by atoms with Crippen LogP contribution in [-0.2, 0) is 0 Å². The molecule has 1 amide bonds. The van der Waals surface area contributed by atoms with Gasteiger partial charge in [0.2, 0.25) is 5.82 Å². The lowest BCUT2D eigenvalue weighted by atomic mass is 10.1. The first-order valence-electron chi connectivity index (χ1n) is 5.76. The van der Waals surface area contributed by atoms with Gasteiger partial charge in [0.1, 0.15) is 11.6 Å². The molecular formula is C13H9F2N3O3. The monoisotopic (exact) mass is 293 g/mol. The maximum Gasteiger partial charge on any atom is 0.307 e. The van der Waals surface area contributed by atoms with Crippen molar-refractivity contribution in [1.29, 1.82) is 0 Å². The Hall–Kier alpha value is -2.90. The van der Waals surface area contributed by atoms with E-state index in [1.807, 2.05) is 0 Å². The van der Waals surface area contributed by atoms with Crippen molar-refractivity contribution in [2.24, 2.45) is 0 Å². The van der Waals surface area contributed by atoms with Gasteiger partial charge in [-0.15, -0.1) is 0 Å². The summed E-state index contributed by atoms with van der Waals surface area (Å²) in [7, 11) is 0. The van der Waals surface area contributed by atoms with E-state index < -0.39 is 33.7 Å². The Morgan fingerprint density at radius 2 is 2.00 bits per heavy atom. The molecule has 8 heteroatoms. The van der Waals surface area contributed by atoms with Gasteiger partial charge in [0.25, 0.3) is 5.91 Å². The van der Waals surface area contributed by atoms with Crippen LogP contribution in [0.5, 0.6) is 0 Å². The fourth-order valence-corrected chi connectivity index (χ4v) is 1.64. The molecule has 0 aliphatic heterocycles. The number of amides is 1. The Labute approximate surface area is 117 Å². The van der Waals surface area contributed by atoms with Crippen molar-refractivity contribution >= 4 is 17.4 Å².